The molecule has 1 saturated heterocycles. The lowest BCUT2D eigenvalue weighted by molar-refractivity contribution is -0.121. The van der Waals surface area contributed by atoms with E-state index in [1.165, 1.54) is 16.7 Å². The molecule has 1 aliphatic heterocycles. The summed E-state index contributed by atoms with van der Waals surface area (Å²) in [7, 11) is 1.56. The van der Waals surface area contributed by atoms with Gasteiger partial charge in [-0.3, -0.25) is 14.4 Å². The van der Waals surface area contributed by atoms with Gasteiger partial charge in [0.05, 0.1) is 18.0 Å². The second-order valence-electron chi connectivity index (χ2n) is 7.86. The number of hydrogen-bond donors (Lipinski definition) is 0. The zero-order valence-corrected chi connectivity index (χ0v) is 19.7. The van der Waals surface area contributed by atoms with E-state index in [-0.39, 0.29) is 24.0 Å². The lowest BCUT2D eigenvalue weighted by Gasteiger charge is -2.16. The van der Waals surface area contributed by atoms with Crippen molar-refractivity contribution in [2.75, 3.05) is 12.0 Å². The Bertz CT molecular complexity index is 974. The third kappa shape index (κ3) is 5.57. The second-order valence-corrected chi connectivity index (χ2v) is 9.05. The quantitative estimate of drug-likeness (QED) is 0.342. The number of ether oxygens (including phenoxy) is 1. The molecule has 1 aromatic heterocycles. The van der Waals surface area contributed by atoms with E-state index in [4.69, 9.17) is 9.72 Å². The number of thioether (sulfide) groups is 1. The molecule has 7 heteroatoms. The number of anilines is 1. The first kappa shape index (κ1) is 24.0. The van der Waals surface area contributed by atoms with Gasteiger partial charge in [0, 0.05) is 24.1 Å². The number of hydrogen-bond acceptors (Lipinski definition) is 6. The second kappa shape index (κ2) is 11.3. The van der Waals surface area contributed by atoms with E-state index in [0.717, 1.165) is 37.8 Å². The molecular formula is C25H30N2O4S. The van der Waals surface area contributed by atoms with Gasteiger partial charge in [0.2, 0.25) is 11.8 Å². The number of rotatable bonds is 11. The van der Waals surface area contributed by atoms with Crippen molar-refractivity contribution in [3.8, 4) is 5.75 Å². The number of imide groups is 1. The minimum Gasteiger partial charge on any atom is -0.497 e. The largest absolute Gasteiger partial charge is 0.497 e. The lowest BCUT2D eigenvalue weighted by atomic mass is 10.1. The molecule has 1 aliphatic rings. The number of aromatic nitrogens is 1. The predicted octanol–water partition coefficient (Wildman–Crippen LogP) is 5.23. The smallest absolute Gasteiger partial charge is 0.247 e. The van der Waals surface area contributed by atoms with Crippen molar-refractivity contribution < 1.29 is 19.1 Å². The average molecular weight is 455 g/mol. The average Bonchev–Trinajstić information content (AvgIpc) is 3.08. The van der Waals surface area contributed by atoms with Crippen molar-refractivity contribution in [3.63, 3.8) is 0 Å². The third-order valence-corrected chi connectivity index (χ3v) is 6.64. The summed E-state index contributed by atoms with van der Waals surface area (Å²) in [6.45, 7) is 4.17. The van der Waals surface area contributed by atoms with E-state index < -0.39 is 5.25 Å². The van der Waals surface area contributed by atoms with Crippen LogP contribution in [0.25, 0.3) is 0 Å². The van der Waals surface area contributed by atoms with Crippen molar-refractivity contribution in [3.05, 3.63) is 47.7 Å². The van der Waals surface area contributed by atoms with E-state index in [9.17, 15) is 14.4 Å². The van der Waals surface area contributed by atoms with Crippen LogP contribution in [0, 0.1) is 0 Å². The fourth-order valence-electron chi connectivity index (χ4n) is 3.58. The predicted molar refractivity (Wildman–Crippen MR) is 126 cm³/mol. The molecule has 170 valence electrons. The van der Waals surface area contributed by atoms with Crippen molar-refractivity contribution in [1.29, 1.82) is 0 Å². The molecule has 3 rings (SSSR count). The highest BCUT2D eigenvalue weighted by molar-refractivity contribution is 8.00. The van der Waals surface area contributed by atoms with Gasteiger partial charge in [-0.2, -0.15) is 0 Å². The van der Waals surface area contributed by atoms with E-state index in [0.29, 0.717) is 28.4 Å². The van der Waals surface area contributed by atoms with Gasteiger partial charge in [0.25, 0.3) is 0 Å². The van der Waals surface area contributed by atoms with E-state index in [1.807, 2.05) is 19.1 Å². The zero-order valence-electron chi connectivity index (χ0n) is 18.9. The molecule has 0 saturated carbocycles. The summed E-state index contributed by atoms with van der Waals surface area (Å²) in [4.78, 5) is 44.5. The lowest BCUT2D eigenvalue weighted by Crippen LogP contribution is -2.31. The summed E-state index contributed by atoms with van der Waals surface area (Å²) < 4.78 is 5.16. The minimum atomic E-state index is -0.601. The van der Waals surface area contributed by atoms with Gasteiger partial charge >= 0.3 is 0 Å². The van der Waals surface area contributed by atoms with Crippen LogP contribution >= 0.6 is 11.8 Å². The van der Waals surface area contributed by atoms with Gasteiger partial charge in [0.15, 0.2) is 5.78 Å². The molecule has 2 aromatic rings. The maximum Gasteiger partial charge on any atom is 0.247 e. The van der Waals surface area contributed by atoms with Crippen LogP contribution < -0.4 is 9.64 Å². The maximum atomic E-state index is 13.1. The molecule has 1 atom stereocenters. The van der Waals surface area contributed by atoms with Crippen LogP contribution in [-0.2, 0) is 16.0 Å². The highest BCUT2D eigenvalue weighted by Gasteiger charge is 2.41. The number of benzene rings is 1. The summed E-state index contributed by atoms with van der Waals surface area (Å²) in [6, 6.07) is 10.6. The SMILES string of the molecule is CCCCC(=O)c1ccc(CCCC)nc1SC1CC(=O)N(c2ccc(OC)cc2)C1=O. The van der Waals surface area contributed by atoms with Crippen molar-refractivity contribution in [2.24, 2.45) is 0 Å². The van der Waals surface area contributed by atoms with Crippen LogP contribution in [0.4, 0.5) is 5.69 Å². The number of nitrogens with zero attached hydrogens (tertiary/aromatic N) is 2. The van der Waals surface area contributed by atoms with Crippen LogP contribution in [0.2, 0.25) is 0 Å². The summed E-state index contributed by atoms with van der Waals surface area (Å²) in [5, 5.41) is -0.0429. The van der Waals surface area contributed by atoms with Crippen molar-refractivity contribution >= 4 is 35.0 Å². The maximum absolute atomic E-state index is 13.1. The van der Waals surface area contributed by atoms with E-state index in [2.05, 4.69) is 6.92 Å². The normalized spacial score (nSPS) is 16.0. The van der Waals surface area contributed by atoms with Crippen LogP contribution in [0.3, 0.4) is 0 Å². The Kier molecular flexibility index (Phi) is 8.45. The van der Waals surface area contributed by atoms with Crippen LogP contribution in [0.5, 0.6) is 5.75 Å². The molecule has 0 aliphatic carbocycles. The van der Waals surface area contributed by atoms with Crippen LogP contribution in [-0.4, -0.2) is 34.9 Å². The van der Waals surface area contributed by atoms with Gasteiger partial charge in [0.1, 0.15) is 10.8 Å². The van der Waals surface area contributed by atoms with Gasteiger partial charge in [-0.05, 0) is 55.7 Å². The van der Waals surface area contributed by atoms with E-state index >= 15 is 0 Å². The molecule has 0 N–H and O–H groups in total. The Hall–Kier alpha value is -2.67. The van der Waals surface area contributed by atoms with Crippen molar-refractivity contribution in [2.45, 2.75) is 69.1 Å². The standard InChI is InChI=1S/C25H30N2O4S/c1-4-6-8-17-10-15-20(21(28)9-7-5-2)24(26-17)32-22-16-23(29)27(25(22)30)18-11-13-19(31-3)14-12-18/h10-15,22H,4-9,16H2,1-3H3. The molecule has 0 bridgehead atoms. The highest BCUT2D eigenvalue weighted by atomic mass is 32.2. The first-order chi connectivity index (χ1) is 15.5. The van der Waals surface area contributed by atoms with Gasteiger partial charge in [-0.25, -0.2) is 9.88 Å². The number of carbonyl (C=O) groups excluding carboxylic acids is 3. The number of unbranched alkanes of at least 4 members (excludes halogenated alkanes) is 2. The molecule has 1 aromatic carbocycles. The molecule has 2 amide bonds. The number of Topliss-reactive ketones (excluding diaryl/α,β-unsaturated/α-hetero) is 1. The number of ketones is 1. The molecule has 32 heavy (non-hydrogen) atoms. The number of pyridine rings is 1. The Balaban J connectivity index is 1.84. The Morgan fingerprint density at radius 3 is 2.47 bits per heavy atom. The Morgan fingerprint density at radius 1 is 1.09 bits per heavy atom. The Morgan fingerprint density at radius 2 is 1.81 bits per heavy atom. The summed E-state index contributed by atoms with van der Waals surface area (Å²) >= 11 is 1.24. The molecule has 0 spiro atoms. The molecular weight excluding hydrogens is 424 g/mol. The fourth-order valence-corrected chi connectivity index (χ4v) is 4.76. The first-order valence-corrected chi connectivity index (χ1v) is 12.1. The zero-order chi connectivity index (χ0) is 23.1. The molecule has 6 nitrogen and oxygen atoms in total. The first-order valence-electron chi connectivity index (χ1n) is 11.2. The molecule has 2 heterocycles. The van der Waals surface area contributed by atoms with Gasteiger partial charge < -0.3 is 4.74 Å². The minimum absolute atomic E-state index is 0.0349. The fraction of sp³-hybridized carbons (Fsp3) is 0.440. The number of aryl methyl sites for hydroxylation is 1. The number of carbonyl (C=O) groups is 3. The number of amides is 2. The van der Waals surface area contributed by atoms with Crippen LogP contribution in [0.15, 0.2) is 41.4 Å². The topological polar surface area (TPSA) is 76.6 Å². The van der Waals surface area contributed by atoms with Gasteiger partial charge in [-0.15, -0.1) is 0 Å². The van der Waals surface area contributed by atoms with E-state index in [1.54, 1.807) is 31.4 Å². The summed E-state index contributed by atoms with van der Waals surface area (Å²) in [5.41, 5.74) is 1.98. The third-order valence-electron chi connectivity index (χ3n) is 5.45. The van der Waals surface area contributed by atoms with Crippen LogP contribution in [0.1, 0.15) is 68.4 Å². The summed E-state index contributed by atoms with van der Waals surface area (Å²) in [6.07, 6.45) is 5.16. The molecule has 1 fully saturated rings. The highest BCUT2D eigenvalue weighted by Crippen LogP contribution is 2.35. The van der Waals surface area contributed by atoms with Gasteiger partial charge in [-0.1, -0.05) is 38.5 Å². The summed E-state index contributed by atoms with van der Waals surface area (Å²) in [5.74, 6) is 0.159. The van der Waals surface area contributed by atoms with Crippen molar-refractivity contribution in [1.82, 2.24) is 4.98 Å². The molecule has 0 radical (unpaired) electrons. The molecule has 1 unspecified atom stereocenters. The Labute approximate surface area is 193 Å². The number of methoxy groups -OCH3 is 1. The monoisotopic (exact) mass is 454 g/mol.